The molecule has 1 aromatic carbocycles. The van der Waals surface area contributed by atoms with Gasteiger partial charge >= 0.3 is 5.97 Å². The molecule has 104 valence electrons. The first-order valence-electron chi connectivity index (χ1n) is 5.93. The standard InChI is InChI=1S/C13H16BrNO4/c1-3-15(8-12(17)19-4-2)13(18)9-5-6-10(14)11(16)7-9/h5-7,16H,3-4,8H2,1-2H3. The number of phenols is 1. The van der Waals surface area contributed by atoms with Crippen LogP contribution in [0.1, 0.15) is 24.2 Å². The maximum absolute atomic E-state index is 12.2. The molecular formula is C13H16BrNO4. The summed E-state index contributed by atoms with van der Waals surface area (Å²) in [5, 5.41) is 9.56. The second-order valence-electron chi connectivity index (χ2n) is 3.79. The number of rotatable bonds is 5. The molecule has 0 saturated heterocycles. The van der Waals surface area contributed by atoms with Crippen LogP contribution in [0.3, 0.4) is 0 Å². The molecule has 0 saturated carbocycles. The molecule has 0 spiro atoms. The van der Waals surface area contributed by atoms with Crippen molar-refractivity contribution in [1.29, 1.82) is 0 Å². The van der Waals surface area contributed by atoms with Crippen molar-refractivity contribution in [3.63, 3.8) is 0 Å². The minimum absolute atomic E-state index is 0.0157. The fourth-order valence-electron chi connectivity index (χ4n) is 1.52. The Hall–Kier alpha value is -1.56. The van der Waals surface area contributed by atoms with Crippen molar-refractivity contribution in [2.24, 2.45) is 0 Å². The van der Waals surface area contributed by atoms with Gasteiger partial charge in [-0.1, -0.05) is 0 Å². The topological polar surface area (TPSA) is 66.8 Å². The van der Waals surface area contributed by atoms with Gasteiger partial charge in [0, 0.05) is 12.1 Å². The Bertz CT molecular complexity index is 476. The number of hydrogen-bond donors (Lipinski definition) is 1. The monoisotopic (exact) mass is 329 g/mol. The Morgan fingerprint density at radius 1 is 1.37 bits per heavy atom. The zero-order chi connectivity index (χ0) is 14.4. The van der Waals surface area contributed by atoms with Crippen molar-refractivity contribution < 1.29 is 19.4 Å². The lowest BCUT2D eigenvalue weighted by atomic mass is 10.2. The maximum atomic E-state index is 12.2. The normalized spacial score (nSPS) is 10.1. The Balaban J connectivity index is 2.83. The average molecular weight is 330 g/mol. The number of likely N-dealkylation sites (N-methyl/N-ethyl adjacent to an activating group) is 1. The SMILES string of the molecule is CCOC(=O)CN(CC)C(=O)c1ccc(Br)c(O)c1. The van der Waals surface area contributed by atoms with E-state index in [1.54, 1.807) is 26.0 Å². The number of ether oxygens (including phenoxy) is 1. The van der Waals surface area contributed by atoms with Gasteiger partial charge in [-0.15, -0.1) is 0 Å². The Labute approximate surface area is 120 Å². The number of halogens is 1. The third-order valence-corrected chi connectivity index (χ3v) is 3.16. The highest BCUT2D eigenvalue weighted by Crippen LogP contribution is 2.24. The van der Waals surface area contributed by atoms with Gasteiger partial charge in [0.15, 0.2) is 0 Å². The van der Waals surface area contributed by atoms with Crippen molar-refractivity contribution in [1.82, 2.24) is 4.90 Å². The second kappa shape index (κ2) is 7.13. The lowest BCUT2D eigenvalue weighted by molar-refractivity contribution is -0.143. The predicted octanol–water partition coefficient (Wildman–Crippen LogP) is 2.18. The number of esters is 1. The summed E-state index contributed by atoms with van der Waals surface area (Å²) in [6, 6.07) is 4.53. The van der Waals surface area contributed by atoms with Gasteiger partial charge in [0.2, 0.25) is 0 Å². The van der Waals surface area contributed by atoms with Crippen LogP contribution in [0.15, 0.2) is 22.7 Å². The summed E-state index contributed by atoms with van der Waals surface area (Å²) < 4.78 is 5.32. The molecule has 0 aliphatic heterocycles. The molecule has 0 bridgehead atoms. The summed E-state index contributed by atoms with van der Waals surface area (Å²) in [5.41, 5.74) is 0.326. The van der Waals surface area contributed by atoms with Gasteiger partial charge in [-0.3, -0.25) is 9.59 Å². The molecule has 1 N–H and O–H groups in total. The summed E-state index contributed by atoms with van der Waals surface area (Å²) >= 11 is 3.14. The van der Waals surface area contributed by atoms with Crippen LogP contribution in [0.25, 0.3) is 0 Å². The van der Waals surface area contributed by atoms with E-state index in [0.29, 0.717) is 16.6 Å². The highest BCUT2D eigenvalue weighted by molar-refractivity contribution is 9.10. The van der Waals surface area contributed by atoms with Crippen LogP contribution in [0, 0.1) is 0 Å². The van der Waals surface area contributed by atoms with Crippen LogP contribution in [0.2, 0.25) is 0 Å². The van der Waals surface area contributed by atoms with E-state index in [-0.39, 0.29) is 24.8 Å². The summed E-state index contributed by atoms with van der Waals surface area (Å²) in [6.45, 7) is 4.05. The van der Waals surface area contributed by atoms with Crippen LogP contribution in [-0.4, -0.2) is 41.6 Å². The fraction of sp³-hybridized carbons (Fsp3) is 0.385. The number of phenolic OH excluding ortho intramolecular Hbond substituents is 1. The molecule has 0 aliphatic carbocycles. The first-order chi connectivity index (χ1) is 8.99. The molecular weight excluding hydrogens is 314 g/mol. The van der Waals surface area contributed by atoms with E-state index >= 15 is 0 Å². The molecule has 0 fully saturated rings. The van der Waals surface area contributed by atoms with Gasteiger partial charge < -0.3 is 14.7 Å². The van der Waals surface area contributed by atoms with E-state index in [0.717, 1.165) is 0 Å². The lowest BCUT2D eigenvalue weighted by Gasteiger charge is -2.19. The first kappa shape index (κ1) is 15.5. The van der Waals surface area contributed by atoms with E-state index in [2.05, 4.69) is 15.9 Å². The number of amides is 1. The van der Waals surface area contributed by atoms with Gasteiger partial charge in [-0.05, 0) is 48.0 Å². The van der Waals surface area contributed by atoms with Crippen molar-refractivity contribution in [3.8, 4) is 5.75 Å². The largest absolute Gasteiger partial charge is 0.507 e. The van der Waals surface area contributed by atoms with Crippen LogP contribution in [0.4, 0.5) is 0 Å². The van der Waals surface area contributed by atoms with Crippen LogP contribution < -0.4 is 0 Å². The number of carbonyl (C=O) groups excluding carboxylic acids is 2. The quantitative estimate of drug-likeness (QED) is 0.841. The van der Waals surface area contributed by atoms with Crippen LogP contribution >= 0.6 is 15.9 Å². The summed E-state index contributed by atoms with van der Waals surface area (Å²) in [6.07, 6.45) is 0. The molecule has 1 amide bonds. The number of carbonyl (C=O) groups is 2. The average Bonchev–Trinajstić information content (AvgIpc) is 2.38. The minimum atomic E-state index is -0.445. The van der Waals surface area contributed by atoms with Gasteiger partial charge in [0.05, 0.1) is 11.1 Å². The number of benzene rings is 1. The third-order valence-electron chi connectivity index (χ3n) is 2.49. The molecule has 1 aromatic rings. The molecule has 19 heavy (non-hydrogen) atoms. The molecule has 0 aliphatic rings. The van der Waals surface area contributed by atoms with E-state index in [1.807, 2.05) is 0 Å². The van der Waals surface area contributed by atoms with Gasteiger partial charge in [0.1, 0.15) is 12.3 Å². The molecule has 5 nitrogen and oxygen atoms in total. The Morgan fingerprint density at radius 3 is 2.58 bits per heavy atom. The van der Waals surface area contributed by atoms with E-state index in [4.69, 9.17) is 4.74 Å². The molecule has 0 heterocycles. The number of aromatic hydroxyl groups is 1. The van der Waals surface area contributed by atoms with Gasteiger partial charge in [-0.25, -0.2) is 0 Å². The first-order valence-corrected chi connectivity index (χ1v) is 6.72. The van der Waals surface area contributed by atoms with Crippen molar-refractivity contribution in [2.75, 3.05) is 19.7 Å². The molecule has 1 rings (SSSR count). The molecule has 0 atom stereocenters. The van der Waals surface area contributed by atoms with Crippen molar-refractivity contribution >= 4 is 27.8 Å². The number of nitrogens with zero attached hydrogens (tertiary/aromatic N) is 1. The van der Waals surface area contributed by atoms with E-state index < -0.39 is 5.97 Å². The summed E-state index contributed by atoms with van der Waals surface area (Å²) in [7, 11) is 0. The van der Waals surface area contributed by atoms with Gasteiger partial charge in [0.25, 0.3) is 5.91 Å². The zero-order valence-corrected chi connectivity index (χ0v) is 12.4. The molecule has 6 heteroatoms. The minimum Gasteiger partial charge on any atom is -0.507 e. The highest BCUT2D eigenvalue weighted by Gasteiger charge is 2.18. The molecule has 0 unspecified atom stereocenters. The van der Waals surface area contributed by atoms with Crippen LogP contribution in [0.5, 0.6) is 5.75 Å². The second-order valence-corrected chi connectivity index (χ2v) is 4.64. The third kappa shape index (κ3) is 4.24. The highest BCUT2D eigenvalue weighted by atomic mass is 79.9. The van der Waals surface area contributed by atoms with Crippen LogP contribution in [-0.2, 0) is 9.53 Å². The Kier molecular flexibility index (Phi) is 5.82. The van der Waals surface area contributed by atoms with Crippen molar-refractivity contribution in [3.05, 3.63) is 28.2 Å². The summed E-state index contributed by atoms with van der Waals surface area (Å²) in [4.78, 5) is 24.9. The maximum Gasteiger partial charge on any atom is 0.325 e. The van der Waals surface area contributed by atoms with Crippen molar-refractivity contribution in [2.45, 2.75) is 13.8 Å². The zero-order valence-electron chi connectivity index (χ0n) is 10.9. The number of hydrogen-bond acceptors (Lipinski definition) is 4. The molecule has 0 aromatic heterocycles. The fourth-order valence-corrected chi connectivity index (χ4v) is 1.76. The smallest absolute Gasteiger partial charge is 0.325 e. The Morgan fingerprint density at radius 2 is 2.05 bits per heavy atom. The lowest BCUT2D eigenvalue weighted by Crippen LogP contribution is -2.36. The molecule has 0 radical (unpaired) electrons. The predicted molar refractivity (Wildman–Crippen MR) is 74.0 cm³/mol. The summed E-state index contributed by atoms with van der Waals surface area (Å²) in [5.74, 6) is -0.782. The van der Waals surface area contributed by atoms with Gasteiger partial charge in [-0.2, -0.15) is 0 Å². The van der Waals surface area contributed by atoms with E-state index in [1.165, 1.54) is 11.0 Å². The van der Waals surface area contributed by atoms with E-state index in [9.17, 15) is 14.7 Å².